The monoisotopic (exact) mass is 263 g/mol. The second-order valence-corrected chi connectivity index (χ2v) is 4.63. The number of ether oxygens (including phenoxy) is 1. The summed E-state index contributed by atoms with van der Waals surface area (Å²) >= 11 is 0. The second-order valence-electron chi connectivity index (χ2n) is 4.63. The highest BCUT2D eigenvalue weighted by Crippen LogP contribution is 2.07. The number of rotatable bonds is 9. The normalized spacial score (nSPS) is 11.0. The van der Waals surface area contributed by atoms with Crippen molar-refractivity contribution in [1.82, 2.24) is 0 Å². The number of carbonyl (C=O) groups excluding carboxylic acids is 1. The predicted octanol–water partition coefficient (Wildman–Crippen LogP) is 3.98. The van der Waals surface area contributed by atoms with Crippen LogP contribution in [-0.2, 0) is 9.53 Å². The Balaban J connectivity index is 3.79. The van der Waals surface area contributed by atoms with Gasteiger partial charge in [-0.3, -0.25) is 4.79 Å². The number of esters is 1. The molecular weight excluding hydrogens is 238 g/mol. The van der Waals surface area contributed by atoms with Crippen molar-refractivity contribution < 1.29 is 9.53 Å². The molecule has 0 rings (SSSR count). The third-order valence-corrected chi connectivity index (χ3v) is 2.74. The Bertz CT molecular complexity index is 333. The van der Waals surface area contributed by atoms with Crippen molar-refractivity contribution in [3.05, 3.63) is 0 Å². The summed E-state index contributed by atoms with van der Waals surface area (Å²) < 4.78 is 5.05. The van der Waals surface area contributed by atoms with E-state index >= 15 is 0 Å². The Morgan fingerprint density at radius 2 is 1.84 bits per heavy atom. The first-order valence-corrected chi connectivity index (χ1v) is 7.23. The molecule has 19 heavy (non-hydrogen) atoms. The van der Waals surface area contributed by atoms with Gasteiger partial charge in [0.1, 0.15) is 0 Å². The van der Waals surface area contributed by atoms with Gasteiger partial charge >= 0.3 is 5.97 Å². The van der Waals surface area contributed by atoms with Gasteiger partial charge in [-0.25, -0.2) is 0 Å². The molecule has 0 unspecified atom stereocenters. The van der Waals surface area contributed by atoms with E-state index in [0.29, 0.717) is 12.8 Å². The van der Waals surface area contributed by atoms with Gasteiger partial charge in [-0.15, -0.1) is 0 Å². The summed E-state index contributed by atoms with van der Waals surface area (Å²) in [5, 5.41) is 8.52. The molecule has 106 valence electrons. The maximum Gasteiger partial charge on any atom is 0.303 e. The van der Waals surface area contributed by atoms with Crippen LogP contribution in [0.1, 0.15) is 71.6 Å². The molecule has 3 nitrogen and oxygen atoms in total. The summed E-state index contributed by atoms with van der Waals surface area (Å²) in [4.78, 5) is 10.9. The minimum Gasteiger partial charge on any atom is -0.449 e. The topological polar surface area (TPSA) is 50.1 Å². The fourth-order valence-electron chi connectivity index (χ4n) is 1.74. The number of hydrogen-bond acceptors (Lipinski definition) is 3. The molecule has 0 saturated heterocycles. The molecule has 0 aliphatic rings. The molecule has 0 N–H and O–H groups in total. The van der Waals surface area contributed by atoms with E-state index in [1.807, 2.05) is 6.07 Å². The summed E-state index contributed by atoms with van der Waals surface area (Å²) in [6.45, 7) is 3.58. The van der Waals surface area contributed by atoms with Crippen LogP contribution in [0.15, 0.2) is 0 Å². The van der Waals surface area contributed by atoms with Crippen LogP contribution >= 0.6 is 0 Å². The van der Waals surface area contributed by atoms with E-state index in [4.69, 9.17) is 10.00 Å². The van der Waals surface area contributed by atoms with Crippen molar-refractivity contribution in [1.29, 1.82) is 5.26 Å². The minimum atomic E-state index is -0.419. The maximum atomic E-state index is 10.9. The van der Waals surface area contributed by atoms with Crippen molar-refractivity contribution in [3.63, 3.8) is 0 Å². The lowest BCUT2D eigenvalue weighted by atomic mass is 10.1. The van der Waals surface area contributed by atoms with E-state index in [9.17, 15) is 4.79 Å². The fourth-order valence-corrected chi connectivity index (χ4v) is 1.74. The van der Waals surface area contributed by atoms with Gasteiger partial charge in [0, 0.05) is 26.2 Å². The van der Waals surface area contributed by atoms with Gasteiger partial charge in [-0.05, 0) is 6.42 Å². The van der Waals surface area contributed by atoms with Gasteiger partial charge in [0.05, 0.1) is 6.07 Å². The Morgan fingerprint density at radius 3 is 2.47 bits per heavy atom. The molecule has 0 aliphatic carbocycles. The van der Waals surface area contributed by atoms with Gasteiger partial charge in [0.2, 0.25) is 0 Å². The summed E-state index contributed by atoms with van der Waals surface area (Å²) in [5.41, 5.74) is 0. The molecule has 0 aromatic rings. The van der Waals surface area contributed by atoms with Crippen LogP contribution in [0.3, 0.4) is 0 Å². The first-order chi connectivity index (χ1) is 9.20. The lowest BCUT2D eigenvalue weighted by Gasteiger charge is -2.08. The van der Waals surface area contributed by atoms with Crippen LogP contribution in [0.5, 0.6) is 0 Å². The summed E-state index contributed by atoms with van der Waals surface area (Å²) in [7, 11) is 0. The Kier molecular flexibility index (Phi) is 12.0. The SMILES string of the molecule is CCCCCCCCC#C[C@H](CCC#N)OC(C)=O. The molecule has 0 amide bonds. The Morgan fingerprint density at radius 1 is 1.16 bits per heavy atom. The Hall–Kier alpha value is -1.48. The van der Waals surface area contributed by atoms with Crippen LogP contribution in [0.25, 0.3) is 0 Å². The number of unbranched alkanes of at least 4 members (excludes halogenated alkanes) is 6. The van der Waals surface area contributed by atoms with E-state index in [0.717, 1.165) is 12.8 Å². The highest BCUT2D eigenvalue weighted by atomic mass is 16.5. The minimum absolute atomic E-state index is 0.336. The highest BCUT2D eigenvalue weighted by molar-refractivity contribution is 5.66. The molecule has 0 heterocycles. The smallest absolute Gasteiger partial charge is 0.303 e. The molecule has 0 bridgehead atoms. The zero-order valence-electron chi connectivity index (χ0n) is 12.2. The van der Waals surface area contributed by atoms with Crippen molar-refractivity contribution in [3.8, 4) is 17.9 Å². The van der Waals surface area contributed by atoms with Crippen LogP contribution in [0.2, 0.25) is 0 Å². The molecular formula is C16H25NO2. The van der Waals surface area contributed by atoms with E-state index in [-0.39, 0.29) is 5.97 Å². The van der Waals surface area contributed by atoms with Crippen molar-refractivity contribution in [2.45, 2.75) is 77.7 Å². The van der Waals surface area contributed by atoms with Gasteiger partial charge in [-0.1, -0.05) is 50.9 Å². The molecule has 0 saturated carbocycles. The van der Waals surface area contributed by atoms with Gasteiger partial charge in [-0.2, -0.15) is 5.26 Å². The third-order valence-electron chi connectivity index (χ3n) is 2.74. The van der Waals surface area contributed by atoms with Crippen molar-refractivity contribution in [2.24, 2.45) is 0 Å². The zero-order valence-corrected chi connectivity index (χ0v) is 12.2. The highest BCUT2D eigenvalue weighted by Gasteiger charge is 2.07. The fraction of sp³-hybridized carbons (Fsp3) is 0.750. The van der Waals surface area contributed by atoms with Gasteiger partial charge in [0.15, 0.2) is 6.10 Å². The summed E-state index contributed by atoms with van der Waals surface area (Å²) in [6.07, 6.45) is 8.76. The third kappa shape index (κ3) is 12.8. The van der Waals surface area contributed by atoms with Crippen LogP contribution in [-0.4, -0.2) is 12.1 Å². The van der Waals surface area contributed by atoms with Crippen LogP contribution in [0.4, 0.5) is 0 Å². The largest absolute Gasteiger partial charge is 0.449 e. The molecule has 0 spiro atoms. The number of nitrogens with zero attached hydrogens (tertiary/aromatic N) is 1. The van der Waals surface area contributed by atoms with E-state index < -0.39 is 6.10 Å². The first-order valence-electron chi connectivity index (χ1n) is 7.23. The lowest BCUT2D eigenvalue weighted by molar-refractivity contribution is -0.143. The second kappa shape index (κ2) is 13.0. The lowest BCUT2D eigenvalue weighted by Crippen LogP contribution is -2.13. The predicted molar refractivity (Wildman–Crippen MR) is 76.2 cm³/mol. The molecule has 0 aliphatic heterocycles. The van der Waals surface area contributed by atoms with Crippen molar-refractivity contribution >= 4 is 5.97 Å². The Labute approximate surface area is 117 Å². The van der Waals surface area contributed by atoms with E-state index in [2.05, 4.69) is 18.8 Å². The first kappa shape index (κ1) is 17.5. The van der Waals surface area contributed by atoms with Gasteiger partial charge in [0.25, 0.3) is 0 Å². The van der Waals surface area contributed by atoms with E-state index in [1.54, 1.807) is 0 Å². The van der Waals surface area contributed by atoms with E-state index in [1.165, 1.54) is 39.0 Å². The molecule has 1 atom stereocenters. The average Bonchev–Trinajstić information content (AvgIpc) is 2.38. The number of nitriles is 1. The van der Waals surface area contributed by atoms with Gasteiger partial charge < -0.3 is 4.74 Å². The maximum absolute atomic E-state index is 10.9. The zero-order chi connectivity index (χ0) is 14.3. The standard InChI is InChI=1S/C16H25NO2/c1-3-4-5-6-7-8-9-10-12-16(13-11-14-17)19-15(2)18/h16H,3-9,11,13H2,1-2H3/t16-/m1/s1. The number of hydrogen-bond donors (Lipinski definition) is 0. The molecule has 3 heteroatoms. The quantitative estimate of drug-likeness (QED) is 0.359. The summed E-state index contributed by atoms with van der Waals surface area (Å²) in [5.74, 6) is 5.66. The van der Waals surface area contributed by atoms with Crippen molar-refractivity contribution in [2.75, 3.05) is 0 Å². The summed E-state index contributed by atoms with van der Waals surface area (Å²) in [6, 6.07) is 2.04. The molecule has 0 aromatic heterocycles. The van der Waals surface area contributed by atoms with Crippen LogP contribution < -0.4 is 0 Å². The number of carbonyl (C=O) groups is 1. The van der Waals surface area contributed by atoms with Crippen LogP contribution in [0, 0.1) is 23.2 Å². The molecule has 0 fully saturated rings. The molecule has 0 aromatic carbocycles. The average molecular weight is 263 g/mol. The molecule has 0 radical (unpaired) electrons.